The summed E-state index contributed by atoms with van der Waals surface area (Å²) in [7, 11) is 0. The van der Waals surface area contributed by atoms with Crippen LogP contribution < -0.4 is 4.74 Å². The minimum Gasteiger partial charge on any atom is -0.508 e. The summed E-state index contributed by atoms with van der Waals surface area (Å²) in [5, 5.41) is 9.62. The lowest BCUT2D eigenvalue weighted by atomic mass is 10.0. The van der Waals surface area contributed by atoms with Crippen molar-refractivity contribution in [3.8, 4) is 22.6 Å². The summed E-state index contributed by atoms with van der Waals surface area (Å²) in [6, 6.07) is 9.27. The van der Waals surface area contributed by atoms with Gasteiger partial charge in [0, 0.05) is 5.56 Å². The van der Waals surface area contributed by atoms with Gasteiger partial charge in [-0.2, -0.15) is 13.2 Å². The summed E-state index contributed by atoms with van der Waals surface area (Å²) in [6.45, 7) is 0.952. The standard InChI is InChI=1S/C16H13F3O3/c17-16(18,19)11-3-1-2-10(6-11)14-7-12(20)4-5-15(14)22-9-13-8-21-13/h1-7,13,20H,8-9H2. The van der Waals surface area contributed by atoms with E-state index in [1.807, 2.05) is 0 Å². The van der Waals surface area contributed by atoms with Crippen molar-refractivity contribution in [3.63, 3.8) is 0 Å². The quantitative estimate of drug-likeness (QED) is 0.872. The van der Waals surface area contributed by atoms with Crippen LogP contribution in [-0.2, 0) is 10.9 Å². The Labute approximate surface area is 124 Å². The van der Waals surface area contributed by atoms with Gasteiger partial charge in [0.25, 0.3) is 0 Å². The van der Waals surface area contributed by atoms with Gasteiger partial charge < -0.3 is 14.6 Å². The van der Waals surface area contributed by atoms with Crippen LogP contribution in [0.4, 0.5) is 13.2 Å². The number of rotatable bonds is 4. The van der Waals surface area contributed by atoms with Crippen molar-refractivity contribution in [1.29, 1.82) is 0 Å². The number of hydrogen-bond acceptors (Lipinski definition) is 3. The monoisotopic (exact) mass is 310 g/mol. The molecule has 116 valence electrons. The van der Waals surface area contributed by atoms with Gasteiger partial charge >= 0.3 is 6.18 Å². The Morgan fingerprint density at radius 3 is 2.64 bits per heavy atom. The number of benzene rings is 2. The normalized spacial score (nSPS) is 17.3. The van der Waals surface area contributed by atoms with Crippen molar-refractivity contribution in [3.05, 3.63) is 48.0 Å². The minimum atomic E-state index is -4.42. The molecule has 0 bridgehead atoms. The Balaban J connectivity index is 1.97. The van der Waals surface area contributed by atoms with E-state index >= 15 is 0 Å². The van der Waals surface area contributed by atoms with Gasteiger partial charge in [0.2, 0.25) is 0 Å². The molecule has 0 saturated carbocycles. The summed E-state index contributed by atoms with van der Waals surface area (Å²) >= 11 is 0. The van der Waals surface area contributed by atoms with E-state index in [0.29, 0.717) is 30.1 Å². The Morgan fingerprint density at radius 2 is 1.95 bits per heavy atom. The summed E-state index contributed by atoms with van der Waals surface area (Å²) < 4.78 is 49.1. The second-order valence-corrected chi connectivity index (χ2v) is 5.03. The van der Waals surface area contributed by atoms with Gasteiger partial charge in [-0.25, -0.2) is 0 Å². The van der Waals surface area contributed by atoms with E-state index in [9.17, 15) is 18.3 Å². The fourth-order valence-corrected chi connectivity index (χ4v) is 2.08. The topological polar surface area (TPSA) is 42.0 Å². The molecule has 1 saturated heterocycles. The molecule has 1 atom stereocenters. The zero-order valence-electron chi connectivity index (χ0n) is 11.4. The Bertz CT molecular complexity index is 679. The lowest BCUT2D eigenvalue weighted by Gasteiger charge is -2.13. The number of epoxide rings is 1. The first-order chi connectivity index (χ1) is 10.4. The summed E-state index contributed by atoms with van der Waals surface area (Å²) in [5.41, 5.74) is -0.00555. The van der Waals surface area contributed by atoms with Crippen molar-refractivity contribution >= 4 is 0 Å². The summed E-state index contributed by atoms with van der Waals surface area (Å²) in [4.78, 5) is 0. The number of hydrogen-bond donors (Lipinski definition) is 1. The smallest absolute Gasteiger partial charge is 0.416 e. The van der Waals surface area contributed by atoms with E-state index in [0.717, 1.165) is 12.1 Å². The lowest BCUT2D eigenvalue weighted by molar-refractivity contribution is -0.137. The van der Waals surface area contributed by atoms with E-state index in [1.165, 1.54) is 24.3 Å². The van der Waals surface area contributed by atoms with Gasteiger partial charge in [-0.15, -0.1) is 0 Å². The first kappa shape index (κ1) is 14.7. The highest BCUT2D eigenvalue weighted by Crippen LogP contribution is 2.37. The van der Waals surface area contributed by atoms with Crippen LogP contribution in [0.15, 0.2) is 42.5 Å². The van der Waals surface area contributed by atoms with Crippen LogP contribution in [0.5, 0.6) is 11.5 Å². The molecule has 0 aliphatic carbocycles. The van der Waals surface area contributed by atoms with Gasteiger partial charge in [-0.1, -0.05) is 12.1 Å². The highest BCUT2D eigenvalue weighted by molar-refractivity contribution is 5.72. The molecule has 0 amide bonds. The van der Waals surface area contributed by atoms with Gasteiger partial charge in [0.05, 0.1) is 12.2 Å². The Morgan fingerprint density at radius 1 is 1.18 bits per heavy atom. The number of halogens is 3. The molecule has 1 N–H and O–H groups in total. The Kier molecular flexibility index (Phi) is 3.70. The SMILES string of the molecule is Oc1ccc(OCC2CO2)c(-c2cccc(C(F)(F)F)c2)c1. The number of phenolic OH excluding ortho intramolecular Hbond substituents is 1. The van der Waals surface area contributed by atoms with Crippen LogP contribution in [0.1, 0.15) is 5.56 Å². The van der Waals surface area contributed by atoms with E-state index < -0.39 is 11.7 Å². The number of aromatic hydroxyl groups is 1. The highest BCUT2D eigenvalue weighted by atomic mass is 19.4. The van der Waals surface area contributed by atoms with Crippen molar-refractivity contribution in [1.82, 2.24) is 0 Å². The predicted molar refractivity (Wildman–Crippen MR) is 73.8 cm³/mol. The number of phenols is 1. The zero-order chi connectivity index (χ0) is 15.7. The van der Waals surface area contributed by atoms with Crippen LogP contribution in [0, 0.1) is 0 Å². The molecule has 3 nitrogen and oxygen atoms in total. The van der Waals surface area contributed by atoms with E-state index in [2.05, 4.69) is 0 Å². The molecule has 1 unspecified atom stereocenters. The van der Waals surface area contributed by atoms with Crippen LogP contribution in [0.3, 0.4) is 0 Å². The Hall–Kier alpha value is -2.21. The molecule has 1 aliphatic heterocycles. The average Bonchev–Trinajstić information content (AvgIpc) is 3.29. The molecule has 0 spiro atoms. The fraction of sp³-hybridized carbons (Fsp3) is 0.250. The van der Waals surface area contributed by atoms with Crippen LogP contribution >= 0.6 is 0 Å². The first-order valence-electron chi connectivity index (χ1n) is 6.68. The molecule has 1 heterocycles. The van der Waals surface area contributed by atoms with E-state index in [-0.39, 0.29) is 11.9 Å². The molecule has 1 fully saturated rings. The summed E-state index contributed by atoms with van der Waals surface area (Å²) in [5.74, 6) is 0.370. The molecule has 6 heteroatoms. The third-order valence-corrected chi connectivity index (χ3v) is 3.29. The third-order valence-electron chi connectivity index (χ3n) is 3.29. The van der Waals surface area contributed by atoms with Gasteiger partial charge in [-0.05, 0) is 35.9 Å². The van der Waals surface area contributed by atoms with Crippen molar-refractivity contribution < 1.29 is 27.8 Å². The maximum absolute atomic E-state index is 12.8. The van der Waals surface area contributed by atoms with Crippen LogP contribution in [-0.4, -0.2) is 24.4 Å². The largest absolute Gasteiger partial charge is 0.508 e. The van der Waals surface area contributed by atoms with Crippen LogP contribution in [0.2, 0.25) is 0 Å². The fourth-order valence-electron chi connectivity index (χ4n) is 2.08. The molecule has 22 heavy (non-hydrogen) atoms. The lowest BCUT2D eigenvalue weighted by Crippen LogP contribution is -2.06. The molecule has 0 radical (unpaired) electrons. The molecule has 2 aromatic carbocycles. The zero-order valence-corrected chi connectivity index (χ0v) is 11.4. The van der Waals surface area contributed by atoms with E-state index in [4.69, 9.17) is 9.47 Å². The minimum absolute atomic E-state index is 0.0307. The number of ether oxygens (including phenoxy) is 2. The molecular formula is C16H13F3O3. The van der Waals surface area contributed by atoms with E-state index in [1.54, 1.807) is 6.07 Å². The predicted octanol–water partition coefficient (Wildman–Crippen LogP) is 3.86. The van der Waals surface area contributed by atoms with Crippen LogP contribution in [0.25, 0.3) is 11.1 Å². The maximum atomic E-state index is 12.8. The summed E-state index contributed by atoms with van der Waals surface area (Å²) in [6.07, 6.45) is -4.39. The first-order valence-corrected chi connectivity index (χ1v) is 6.68. The molecule has 0 aromatic heterocycles. The average molecular weight is 310 g/mol. The van der Waals surface area contributed by atoms with Crippen molar-refractivity contribution in [2.45, 2.75) is 12.3 Å². The molecule has 1 aliphatic rings. The van der Waals surface area contributed by atoms with Gasteiger partial charge in [-0.3, -0.25) is 0 Å². The molecule has 3 rings (SSSR count). The third kappa shape index (κ3) is 3.33. The van der Waals surface area contributed by atoms with Crippen molar-refractivity contribution in [2.75, 3.05) is 13.2 Å². The van der Waals surface area contributed by atoms with Gasteiger partial charge in [0.1, 0.15) is 24.2 Å². The second-order valence-electron chi connectivity index (χ2n) is 5.03. The highest BCUT2D eigenvalue weighted by Gasteiger charge is 2.30. The van der Waals surface area contributed by atoms with Gasteiger partial charge in [0.15, 0.2) is 0 Å². The molecule has 2 aromatic rings. The van der Waals surface area contributed by atoms with Crippen molar-refractivity contribution in [2.24, 2.45) is 0 Å². The number of alkyl halides is 3. The maximum Gasteiger partial charge on any atom is 0.416 e. The second kappa shape index (κ2) is 5.53. The molecular weight excluding hydrogens is 297 g/mol.